The molecule has 1 fully saturated rings. The van der Waals surface area contributed by atoms with Crippen molar-refractivity contribution in [2.45, 2.75) is 12.5 Å². The van der Waals surface area contributed by atoms with Gasteiger partial charge in [0.1, 0.15) is 22.6 Å². The minimum Gasteiger partial charge on any atom is -0.487 e. The van der Waals surface area contributed by atoms with Crippen molar-refractivity contribution in [3.8, 4) is 5.75 Å². The van der Waals surface area contributed by atoms with Gasteiger partial charge in [0.25, 0.3) is 5.91 Å². The zero-order valence-electron chi connectivity index (χ0n) is 11.1. The Morgan fingerprint density at radius 1 is 1.29 bits per heavy atom. The first-order valence-corrected chi connectivity index (χ1v) is 6.93. The molecule has 0 bridgehead atoms. The van der Waals surface area contributed by atoms with Gasteiger partial charge in [0.2, 0.25) is 0 Å². The lowest BCUT2D eigenvalue weighted by atomic mass is 10.3. The summed E-state index contributed by atoms with van der Waals surface area (Å²) in [6.45, 7) is 1.14. The number of likely N-dealkylation sites (tertiary alicyclic amines) is 1. The summed E-state index contributed by atoms with van der Waals surface area (Å²) in [4.78, 5) is 25.8. The van der Waals surface area contributed by atoms with Gasteiger partial charge in [0, 0.05) is 43.8 Å². The van der Waals surface area contributed by atoms with E-state index in [1.165, 1.54) is 24.8 Å². The van der Waals surface area contributed by atoms with Crippen molar-refractivity contribution >= 4 is 17.5 Å². The Balaban J connectivity index is 1.63. The summed E-state index contributed by atoms with van der Waals surface area (Å²) in [5.41, 5.74) is 0.347. The molecule has 1 aliphatic rings. The van der Waals surface area contributed by atoms with Crippen molar-refractivity contribution in [3.63, 3.8) is 0 Å². The second-order valence-corrected chi connectivity index (χ2v) is 5.08. The number of hydrogen-bond donors (Lipinski definition) is 0. The van der Waals surface area contributed by atoms with Crippen LogP contribution in [0.2, 0.25) is 5.02 Å². The SMILES string of the molecule is O=C(c1cnccn1)N1CC[C@@H](Oc2ccncc2Cl)C1. The fourth-order valence-corrected chi connectivity index (χ4v) is 2.38. The van der Waals surface area contributed by atoms with E-state index >= 15 is 0 Å². The number of halogens is 1. The summed E-state index contributed by atoms with van der Waals surface area (Å²) in [6, 6.07) is 1.72. The predicted octanol–water partition coefficient (Wildman–Crippen LogP) is 1.82. The fourth-order valence-electron chi connectivity index (χ4n) is 2.22. The van der Waals surface area contributed by atoms with Crippen molar-refractivity contribution in [3.05, 3.63) is 47.8 Å². The summed E-state index contributed by atoms with van der Waals surface area (Å²) in [5, 5.41) is 0.469. The number of aromatic nitrogens is 3. The van der Waals surface area contributed by atoms with Crippen molar-refractivity contribution in [2.24, 2.45) is 0 Å². The second kappa shape index (κ2) is 6.05. The van der Waals surface area contributed by atoms with Gasteiger partial charge in [-0.3, -0.25) is 14.8 Å². The smallest absolute Gasteiger partial charge is 0.274 e. The van der Waals surface area contributed by atoms with Crippen LogP contribution in [-0.2, 0) is 0 Å². The highest BCUT2D eigenvalue weighted by molar-refractivity contribution is 6.31. The largest absolute Gasteiger partial charge is 0.487 e. The molecule has 3 rings (SSSR count). The lowest BCUT2D eigenvalue weighted by Crippen LogP contribution is -2.31. The Bertz CT molecular complexity index is 638. The predicted molar refractivity (Wildman–Crippen MR) is 76.2 cm³/mol. The van der Waals surface area contributed by atoms with Crippen LogP contribution in [0, 0.1) is 0 Å². The number of pyridine rings is 1. The number of hydrogen-bond acceptors (Lipinski definition) is 5. The molecule has 0 saturated carbocycles. The van der Waals surface area contributed by atoms with E-state index in [1.807, 2.05) is 0 Å². The van der Waals surface area contributed by atoms with Crippen LogP contribution in [-0.4, -0.2) is 45.0 Å². The van der Waals surface area contributed by atoms with Gasteiger partial charge in [0.05, 0.1) is 12.7 Å². The van der Waals surface area contributed by atoms with Gasteiger partial charge in [-0.1, -0.05) is 11.6 Å². The number of carbonyl (C=O) groups excluding carboxylic acids is 1. The second-order valence-electron chi connectivity index (χ2n) is 4.68. The highest BCUT2D eigenvalue weighted by Gasteiger charge is 2.29. The van der Waals surface area contributed by atoms with Crippen molar-refractivity contribution < 1.29 is 9.53 Å². The van der Waals surface area contributed by atoms with Crippen LogP contribution in [0.25, 0.3) is 0 Å². The molecule has 0 radical (unpaired) electrons. The van der Waals surface area contributed by atoms with Crippen LogP contribution in [0.4, 0.5) is 0 Å². The van der Waals surface area contributed by atoms with E-state index in [1.54, 1.807) is 17.2 Å². The first-order valence-electron chi connectivity index (χ1n) is 6.55. The molecule has 0 N–H and O–H groups in total. The Labute approximate surface area is 126 Å². The maximum Gasteiger partial charge on any atom is 0.274 e. The standard InChI is InChI=1S/C14H13ClN4O2/c15-11-7-16-3-1-13(11)21-10-2-6-19(9-10)14(20)12-8-17-4-5-18-12/h1,3-5,7-8,10H,2,6,9H2/t10-/m1/s1. The van der Waals surface area contributed by atoms with Crippen molar-refractivity contribution in [1.29, 1.82) is 0 Å². The summed E-state index contributed by atoms with van der Waals surface area (Å²) in [6.07, 6.45) is 8.35. The molecular weight excluding hydrogens is 292 g/mol. The van der Waals surface area contributed by atoms with Gasteiger partial charge < -0.3 is 9.64 Å². The van der Waals surface area contributed by atoms with E-state index < -0.39 is 0 Å². The zero-order valence-corrected chi connectivity index (χ0v) is 11.9. The molecule has 1 amide bonds. The summed E-state index contributed by atoms with van der Waals surface area (Å²) in [7, 11) is 0. The lowest BCUT2D eigenvalue weighted by molar-refractivity contribution is 0.0766. The molecule has 2 aromatic rings. The third-order valence-corrected chi connectivity index (χ3v) is 3.53. The molecule has 7 heteroatoms. The first-order chi connectivity index (χ1) is 10.2. The average Bonchev–Trinajstić information content (AvgIpc) is 2.98. The summed E-state index contributed by atoms with van der Waals surface area (Å²) in [5.74, 6) is 0.459. The van der Waals surface area contributed by atoms with Gasteiger partial charge in [-0.15, -0.1) is 0 Å². The highest BCUT2D eigenvalue weighted by Crippen LogP contribution is 2.25. The number of rotatable bonds is 3. The summed E-state index contributed by atoms with van der Waals surface area (Å²) >= 11 is 6.01. The molecule has 1 atom stereocenters. The number of amides is 1. The van der Waals surface area contributed by atoms with Crippen LogP contribution in [0.15, 0.2) is 37.1 Å². The molecular formula is C14H13ClN4O2. The Hall–Kier alpha value is -2.21. The van der Waals surface area contributed by atoms with Crippen LogP contribution in [0.3, 0.4) is 0 Å². The van der Waals surface area contributed by atoms with E-state index in [0.717, 1.165) is 6.42 Å². The normalized spacial score (nSPS) is 17.8. The van der Waals surface area contributed by atoms with Gasteiger partial charge in [-0.05, 0) is 0 Å². The Morgan fingerprint density at radius 3 is 2.90 bits per heavy atom. The third kappa shape index (κ3) is 3.11. The van der Waals surface area contributed by atoms with E-state index in [4.69, 9.17) is 16.3 Å². The van der Waals surface area contributed by atoms with E-state index in [0.29, 0.717) is 29.6 Å². The Morgan fingerprint density at radius 2 is 2.14 bits per heavy atom. The number of nitrogens with zero attached hydrogens (tertiary/aromatic N) is 4. The van der Waals surface area contributed by atoms with Crippen LogP contribution in [0.1, 0.15) is 16.9 Å². The van der Waals surface area contributed by atoms with E-state index in [-0.39, 0.29) is 12.0 Å². The molecule has 108 valence electrons. The summed E-state index contributed by atoms with van der Waals surface area (Å²) < 4.78 is 5.82. The molecule has 1 saturated heterocycles. The van der Waals surface area contributed by atoms with Crippen molar-refractivity contribution in [2.75, 3.05) is 13.1 Å². The Kier molecular flexibility index (Phi) is 3.96. The maximum absolute atomic E-state index is 12.2. The van der Waals surface area contributed by atoms with Crippen LogP contribution >= 0.6 is 11.6 Å². The average molecular weight is 305 g/mol. The topological polar surface area (TPSA) is 68.2 Å². The van der Waals surface area contributed by atoms with E-state index in [9.17, 15) is 4.79 Å². The van der Waals surface area contributed by atoms with Gasteiger partial charge in [0.15, 0.2) is 0 Å². The van der Waals surface area contributed by atoms with Gasteiger partial charge in [-0.2, -0.15) is 0 Å². The molecule has 6 nitrogen and oxygen atoms in total. The lowest BCUT2D eigenvalue weighted by Gasteiger charge is -2.17. The fraction of sp³-hybridized carbons (Fsp3) is 0.286. The number of ether oxygens (including phenoxy) is 1. The highest BCUT2D eigenvalue weighted by atomic mass is 35.5. The zero-order chi connectivity index (χ0) is 14.7. The van der Waals surface area contributed by atoms with Crippen LogP contribution < -0.4 is 4.74 Å². The first kappa shape index (κ1) is 13.8. The molecule has 1 aliphatic heterocycles. The monoisotopic (exact) mass is 304 g/mol. The minimum atomic E-state index is -0.130. The molecule has 2 aromatic heterocycles. The molecule has 3 heterocycles. The van der Waals surface area contributed by atoms with E-state index in [2.05, 4.69) is 15.0 Å². The minimum absolute atomic E-state index is 0.0782. The molecule has 21 heavy (non-hydrogen) atoms. The van der Waals surface area contributed by atoms with Gasteiger partial charge in [-0.25, -0.2) is 4.98 Å². The van der Waals surface area contributed by atoms with Crippen molar-refractivity contribution in [1.82, 2.24) is 19.9 Å². The molecule has 0 aromatic carbocycles. The third-order valence-electron chi connectivity index (χ3n) is 3.24. The maximum atomic E-state index is 12.2. The molecule has 0 aliphatic carbocycles. The quantitative estimate of drug-likeness (QED) is 0.865. The molecule has 0 spiro atoms. The number of carbonyl (C=O) groups is 1. The van der Waals surface area contributed by atoms with Gasteiger partial charge >= 0.3 is 0 Å². The van der Waals surface area contributed by atoms with Crippen LogP contribution in [0.5, 0.6) is 5.75 Å². The molecule has 0 unspecified atom stereocenters.